The second-order valence-corrected chi connectivity index (χ2v) is 4.27. The molecule has 0 N–H and O–H groups in total. The Labute approximate surface area is 107 Å². The molecule has 0 fully saturated rings. The lowest BCUT2D eigenvalue weighted by atomic mass is 10.3. The maximum atomic E-state index is 12.1. The molecule has 1 heterocycles. The zero-order valence-electron chi connectivity index (χ0n) is 10.8. The molecule has 1 atom stereocenters. The molecule has 96 valence electrons. The van der Waals surface area contributed by atoms with Gasteiger partial charge in [-0.3, -0.25) is 9.80 Å². The van der Waals surface area contributed by atoms with Gasteiger partial charge in [0.25, 0.3) is 5.91 Å². The number of hydrazine groups is 1. The van der Waals surface area contributed by atoms with Crippen molar-refractivity contribution < 1.29 is 9.53 Å². The van der Waals surface area contributed by atoms with Gasteiger partial charge in [0.1, 0.15) is 5.75 Å². The van der Waals surface area contributed by atoms with Crippen LogP contribution in [0.25, 0.3) is 0 Å². The average Bonchev–Trinajstić information content (AvgIpc) is 3.19. The average molecular weight is 247 g/mol. The van der Waals surface area contributed by atoms with E-state index < -0.39 is 6.23 Å². The maximum Gasteiger partial charge on any atom is 0.280 e. The first kappa shape index (κ1) is 12.4. The number of amides is 1. The van der Waals surface area contributed by atoms with Gasteiger partial charge < -0.3 is 9.64 Å². The summed E-state index contributed by atoms with van der Waals surface area (Å²) in [6.07, 6.45) is 3.06. The number of nitrogens with zero attached hydrogens (tertiary/aromatic N) is 3. The monoisotopic (exact) mass is 247 g/mol. The molecule has 1 aromatic rings. The van der Waals surface area contributed by atoms with Gasteiger partial charge in [0, 0.05) is 33.5 Å². The summed E-state index contributed by atoms with van der Waals surface area (Å²) in [7, 11) is 5.25. The van der Waals surface area contributed by atoms with E-state index in [4.69, 9.17) is 4.74 Å². The van der Waals surface area contributed by atoms with Gasteiger partial charge in [-0.15, -0.1) is 0 Å². The summed E-state index contributed by atoms with van der Waals surface area (Å²) in [5, 5.41) is 3.56. The van der Waals surface area contributed by atoms with E-state index in [1.807, 2.05) is 54.8 Å². The van der Waals surface area contributed by atoms with Crippen LogP contribution in [-0.4, -0.2) is 48.2 Å². The van der Waals surface area contributed by atoms with E-state index in [2.05, 4.69) is 0 Å². The highest BCUT2D eigenvalue weighted by Gasteiger charge is 2.31. The zero-order valence-corrected chi connectivity index (χ0v) is 10.8. The third-order valence-electron chi connectivity index (χ3n) is 2.63. The fraction of sp³-hybridized carbons (Fsp3) is 0.308. The summed E-state index contributed by atoms with van der Waals surface area (Å²) < 4.78 is 5.75. The molecule has 1 amide bonds. The Hall–Kier alpha value is -2.01. The van der Waals surface area contributed by atoms with Gasteiger partial charge in [-0.05, 0) is 12.1 Å². The number of carbonyl (C=O) groups is 1. The van der Waals surface area contributed by atoms with Crippen LogP contribution < -0.4 is 4.74 Å². The minimum absolute atomic E-state index is 0.102. The van der Waals surface area contributed by atoms with E-state index in [9.17, 15) is 4.79 Å². The summed E-state index contributed by atoms with van der Waals surface area (Å²) in [5.74, 6) is 0.571. The van der Waals surface area contributed by atoms with Crippen LogP contribution in [0.3, 0.4) is 0 Å². The lowest BCUT2D eigenvalue weighted by molar-refractivity contribution is -0.151. The van der Waals surface area contributed by atoms with Gasteiger partial charge in [-0.1, -0.05) is 18.2 Å². The Morgan fingerprint density at radius 1 is 1.17 bits per heavy atom. The lowest BCUT2D eigenvalue weighted by Gasteiger charge is -2.30. The van der Waals surface area contributed by atoms with Gasteiger partial charge in [-0.25, -0.2) is 0 Å². The molecule has 0 radical (unpaired) electrons. The Morgan fingerprint density at radius 3 is 2.28 bits per heavy atom. The Balaban J connectivity index is 2.11. The largest absolute Gasteiger partial charge is 0.464 e. The quantitative estimate of drug-likeness (QED) is 0.730. The van der Waals surface area contributed by atoms with Crippen LogP contribution in [-0.2, 0) is 4.79 Å². The molecular formula is C13H17N3O2. The molecule has 0 saturated heterocycles. The Bertz CT molecular complexity index is 439. The van der Waals surface area contributed by atoms with Crippen molar-refractivity contribution in [1.29, 1.82) is 0 Å². The van der Waals surface area contributed by atoms with Crippen molar-refractivity contribution in [2.24, 2.45) is 0 Å². The predicted octanol–water partition coefficient (Wildman–Crippen LogP) is 1.11. The second kappa shape index (κ2) is 5.10. The van der Waals surface area contributed by atoms with Crippen LogP contribution in [0.5, 0.6) is 5.75 Å². The first-order valence-electron chi connectivity index (χ1n) is 5.72. The first-order chi connectivity index (χ1) is 8.59. The molecule has 0 aliphatic carbocycles. The van der Waals surface area contributed by atoms with Crippen molar-refractivity contribution in [2.45, 2.75) is 6.23 Å². The van der Waals surface area contributed by atoms with Crippen LogP contribution in [0.4, 0.5) is 0 Å². The van der Waals surface area contributed by atoms with Gasteiger partial charge in [0.15, 0.2) is 0 Å². The summed E-state index contributed by atoms with van der Waals surface area (Å²) in [5.41, 5.74) is 0. The molecule has 1 unspecified atom stereocenters. The molecule has 0 aromatic heterocycles. The maximum absolute atomic E-state index is 12.1. The van der Waals surface area contributed by atoms with Crippen molar-refractivity contribution in [1.82, 2.24) is 14.9 Å². The molecule has 0 spiro atoms. The smallest absolute Gasteiger partial charge is 0.280 e. The fourth-order valence-electron chi connectivity index (χ4n) is 1.50. The van der Waals surface area contributed by atoms with Crippen LogP contribution >= 0.6 is 0 Å². The Kier molecular flexibility index (Phi) is 3.53. The number of rotatable bonds is 5. The van der Waals surface area contributed by atoms with Crippen LogP contribution in [0.1, 0.15) is 0 Å². The van der Waals surface area contributed by atoms with E-state index in [1.165, 1.54) is 4.90 Å². The van der Waals surface area contributed by atoms with E-state index in [-0.39, 0.29) is 5.91 Å². The highest BCUT2D eigenvalue weighted by atomic mass is 16.5. The van der Waals surface area contributed by atoms with Crippen molar-refractivity contribution in [3.05, 3.63) is 42.7 Å². The molecule has 1 aromatic carbocycles. The van der Waals surface area contributed by atoms with E-state index in [0.29, 0.717) is 5.75 Å². The molecule has 5 nitrogen and oxygen atoms in total. The van der Waals surface area contributed by atoms with Crippen LogP contribution in [0.2, 0.25) is 0 Å². The minimum Gasteiger partial charge on any atom is -0.464 e. The van der Waals surface area contributed by atoms with Crippen molar-refractivity contribution in [3.63, 3.8) is 0 Å². The highest BCUT2D eigenvalue weighted by Crippen LogP contribution is 2.18. The normalized spacial score (nSPS) is 14.6. The summed E-state index contributed by atoms with van der Waals surface area (Å²) in [6.45, 7) is 0. The van der Waals surface area contributed by atoms with Gasteiger partial charge >= 0.3 is 0 Å². The van der Waals surface area contributed by atoms with Crippen molar-refractivity contribution >= 4 is 5.91 Å². The van der Waals surface area contributed by atoms with E-state index >= 15 is 0 Å². The van der Waals surface area contributed by atoms with Gasteiger partial charge in [0.05, 0.1) is 0 Å². The number of ether oxygens (including phenoxy) is 1. The SMILES string of the molecule is CN(C)C(=O)C(Oc1ccccc1)N(C)N1C=C1. The first-order valence-corrected chi connectivity index (χ1v) is 5.72. The summed E-state index contributed by atoms with van der Waals surface area (Å²) in [6, 6.07) is 9.33. The third-order valence-corrected chi connectivity index (χ3v) is 2.63. The van der Waals surface area contributed by atoms with Gasteiger partial charge in [-0.2, -0.15) is 5.01 Å². The van der Waals surface area contributed by atoms with Gasteiger partial charge in [0.2, 0.25) is 6.23 Å². The zero-order chi connectivity index (χ0) is 13.1. The van der Waals surface area contributed by atoms with E-state index in [0.717, 1.165) is 0 Å². The number of para-hydroxylation sites is 1. The van der Waals surface area contributed by atoms with Crippen LogP contribution in [0.15, 0.2) is 42.7 Å². The number of carbonyl (C=O) groups excluding carboxylic acids is 1. The van der Waals surface area contributed by atoms with Crippen molar-refractivity contribution in [2.75, 3.05) is 21.1 Å². The summed E-state index contributed by atoms with van der Waals surface area (Å²) >= 11 is 0. The fourth-order valence-corrected chi connectivity index (χ4v) is 1.50. The molecule has 2 rings (SSSR count). The number of likely N-dealkylation sites (N-methyl/N-ethyl adjacent to an activating group) is 2. The molecule has 0 bridgehead atoms. The topological polar surface area (TPSA) is 35.8 Å². The van der Waals surface area contributed by atoms with Crippen LogP contribution in [0, 0.1) is 0 Å². The molecule has 1 aliphatic rings. The minimum atomic E-state index is -0.669. The predicted molar refractivity (Wildman–Crippen MR) is 68.3 cm³/mol. The summed E-state index contributed by atoms with van der Waals surface area (Å²) in [4.78, 5) is 13.6. The Morgan fingerprint density at radius 2 is 1.78 bits per heavy atom. The number of hydrogen-bond acceptors (Lipinski definition) is 4. The molecule has 0 saturated carbocycles. The lowest BCUT2D eigenvalue weighted by Crippen LogP contribution is -2.50. The van der Waals surface area contributed by atoms with Crippen molar-refractivity contribution in [3.8, 4) is 5.75 Å². The number of hydrogen-bond donors (Lipinski definition) is 0. The number of benzene rings is 1. The second-order valence-electron chi connectivity index (χ2n) is 4.27. The highest BCUT2D eigenvalue weighted by molar-refractivity contribution is 5.80. The third kappa shape index (κ3) is 2.81. The molecule has 18 heavy (non-hydrogen) atoms. The molecular weight excluding hydrogens is 230 g/mol. The molecule has 5 heteroatoms. The molecule has 1 aliphatic heterocycles. The van der Waals surface area contributed by atoms with E-state index in [1.54, 1.807) is 19.1 Å². The standard InChI is InChI=1S/C13H17N3O2/c1-14(2)12(17)13(15(3)16-9-10-16)18-11-7-5-4-6-8-11/h4-10,13H,1-3H3.